The van der Waals surface area contributed by atoms with Crippen LogP contribution in [0.15, 0.2) is 52.1 Å². The number of hydrogen-bond acceptors (Lipinski definition) is 6. The largest absolute Gasteiger partial charge is 0.411 e. The molecule has 0 aliphatic carbocycles. The zero-order valence-corrected chi connectivity index (χ0v) is 14.6. The van der Waals surface area contributed by atoms with Gasteiger partial charge in [-0.1, -0.05) is 35.5 Å². The van der Waals surface area contributed by atoms with Crippen LogP contribution in [0.25, 0.3) is 11.5 Å². The van der Waals surface area contributed by atoms with Crippen molar-refractivity contribution in [1.29, 1.82) is 5.26 Å². The topological polar surface area (TPSA) is 91.8 Å². The number of carbonyl (C=O) groups excluding carboxylic acids is 1. The van der Waals surface area contributed by atoms with Gasteiger partial charge in [0.15, 0.2) is 0 Å². The first-order valence-electron chi connectivity index (χ1n) is 7.27. The summed E-state index contributed by atoms with van der Waals surface area (Å²) >= 11 is 6.87. The van der Waals surface area contributed by atoms with E-state index in [1.165, 1.54) is 24.3 Å². The Bertz CT molecular complexity index is 1000. The van der Waals surface area contributed by atoms with Gasteiger partial charge in [-0.2, -0.15) is 5.26 Å². The first-order chi connectivity index (χ1) is 12.6. The van der Waals surface area contributed by atoms with Gasteiger partial charge in [0.25, 0.3) is 11.1 Å². The highest BCUT2D eigenvalue weighted by Gasteiger charge is 2.14. The Kier molecular flexibility index (Phi) is 5.51. The Morgan fingerprint density at radius 2 is 2.12 bits per heavy atom. The molecule has 0 atom stereocenters. The van der Waals surface area contributed by atoms with E-state index in [0.717, 1.165) is 11.8 Å². The molecule has 0 saturated heterocycles. The summed E-state index contributed by atoms with van der Waals surface area (Å²) in [6.07, 6.45) is 0. The lowest BCUT2D eigenvalue weighted by molar-refractivity contribution is -0.113. The number of carbonyl (C=O) groups is 1. The number of nitrogens with one attached hydrogen (secondary N) is 1. The van der Waals surface area contributed by atoms with Crippen LogP contribution >= 0.6 is 23.4 Å². The van der Waals surface area contributed by atoms with E-state index in [2.05, 4.69) is 15.5 Å². The number of nitrogens with zero attached hydrogens (tertiary/aromatic N) is 3. The fourth-order valence-corrected chi connectivity index (χ4v) is 2.78. The van der Waals surface area contributed by atoms with Crippen LogP contribution in [0.5, 0.6) is 0 Å². The average Bonchev–Trinajstić information content (AvgIpc) is 3.09. The molecular formula is C17H10ClFN4O2S. The predicted molar refractivity (Wildman–Crippen MR) is 95.2 cm³/mol. The maximum Gasteiger partial charge on any atom is 0.277 e. The summed E-state index contributed by atoms with van der Waals surface area (Å²) in [6, 6.07) is 12.6. The normalized spacial score (nSPS) is 10.3. The molecule has 6 nitrogen and oxygen atoms in total. The lowest BCUT2D eigenvalue weighted by Crippen LogP contribution is -2.15. The molecule has 0 bridgehead atoms. The molecule has 3 aromatic rings. The van der Waals surface area contributed by atoms with E-state index in [1.54, 1.807) is 18.2 Å². The van der Waals surface area contributed by atoms with Gasteiger partial charge in [-0.3, -0.25) is 4.79 Å². The van der Waals surface area contributed by atoms with Gasteiger partial charge in [0.1, 0.15) is 11.9 Å². The van der Waals surface area contributed by atoms with Crippen molar-refractivity contribution < 1.29 is 13.6 Å². The zero-order chi connectivity index (χ0) is 18.5. The Morgan fingerprint density at radius 3 is 2.88 bits per heavy atom. The second kappa shape index (κ2) is 7.99. The highest BCUT2D eigenvalue weighted by atomic mass is 35.5. The van der Waals surface area contributed by atoms with E-state index >= 15 is 0 Å². The summed E-state index contributed by atoms with van der Waals surface area (Å²) in [6.45, 7) is 0. The Hall–Kier alpha value is -2.89. The van der Waals surface area contributed by atoms with Gasteiger partial charge in [-0.25, -0.2) is 4.39 Å². The summed E-state index contributed by atoms with van der Waals surface area (Å²) in [5.41, 5.74) is 0.810. The summed E-state index contributed by atoms with van der Waals surface area (Å²) < 4.78 is 19.1. The van der Waals surface area contributed by atoms with Crippen molar-refractivity contribution in [3.8, 4) is 17.5 Å². The number of aromatic nitrogens is 2. The molecule has 0 radical (unpaired) electrons. The number of halogens is 2. The Labute approximate surface area is 157 Å². The van der Waals surface area contributed by atoms with Crippen LogP contribution in [0.1, 0.15) is 5.56 Å². The molecule has 2 aromatic carbocycles. The predicted octanol–water partition coefficient (Wildman–Crippen LogP) is 4.13. The van der Waals surface area contributed by atoms with E-state index < -0.39 is 5.82 Å². The van der Waals surface area contributed by atoms with Crippen LogP contribution in [0.3, 0.4) is 0 Å². The van der Waals surface area contributed by atoms with Crippen molar-refractivity contribution in [1.82, 2.24) is 10.2 Å². The highest BCUT2D eigenvalue weighted by Crippen LogP contribution is 2.25. The van der Waals surface area contributed by atoms with Crippen LogP contribution in [0.4, 0.5) is 10.1 Å². The summed E-state index contributed by atoms with van der Waals surface area (Å²) in [5.74, 6) is -0.849. The minimum atomic E-state index is -0.476. The van der Waals surface area contributed by atoms with Crippen molar-refractivity contribution in [2.45, 2.75) is 5.22 Å². The number of rotatable bonds is 5. The van der Waals surface area contributed by atoms with Gasteiger partial charge in [0, 0.05) is 5.02 Å². The standard InChI is InChI=1S/C17H10ClFN4O2S/c18-11-6-5-10(8-20)14(7-11)21-15(24)9-26-17-23-22-16(25-17)12-3-1-2-4-13(12)19/h1-7H,9H2,(H,21,24). The van der Waals surface area contributed by atoms with E-state index in [9.17, 15) is 9.18 Å². The van der Waals surface area contributed by atoms with Crippen molar-refractivity contribution >= 4 is 35.0 Å². The first kappa shape index (κ1) is 17.9. The van der Waals surface area contributed by atoms with Crippen LogP contribution in [-0.4, -0.2) is 21.9 Å². The lowest BCUT2D eigenvalue weighted by atomic mass is 10.2. The molecule has 1 heterocycles. The zero-order valence-electron chi connectivity index (χ0n) is 13.1. The Morgan fingerprint density at radius 1 is 1.31 bits per heavy atom. The molecule has 130 valence electrons. The summed E-state index contributed by atoms with van der Waals surface area (Å²) in [5, 5.41) is 19.7. The van der Waals surface area contributed by atoms with Crippen molar-refractivity contribution in [3.05, 3.63) is 58.9 Å². The van der Waals surface area contributed by atoms with Crippen LogP contribution in [0.2, 0.25) is 5.02 Å². The monoisotopic (exact) mass is 388 g/mol. The van der Waals surface area contributed by atoms with Crippen molar-refractivity contribution in [2.75, 3.05) is 11.1 Å². The molecular weight excluding hydrogens is 379 g/mol. The number of amides is 1. The SMILES string of the molecule is N#Cc1ccc(Cl)cc1NC(=O)CSc1nnc(-c2ccccc2F)o1. The number of thioether (sulfide) groups is 1. The third-order valence-corrected chi connectivity index (χ3v) is 4.27. The summed E-state index contributed by atoms with van der Waals surface area (Å²) in [7, 11) is 0. The van der Waals surface area contributed by atoms with Crippen molar-refractivity contribution in [3.63, 3.8) is 0 Å². The molecule has 9 heteroatoms. The molecule has 1 amide bonds. The van der Waals surface area contributed by atoms with Gasteiger partial charge in [-0.05, 0) is 30.3 Å². The second-order valence-corrected chi connectivity index (χ2v) is 6.35. The highest BCUT2D eigenvalue weighted by molar-refractivity contribution is 7.99. The molecule has 0 aliphatic rings. The number of anilines is 1. The molecule has 3 rings (SSSR count). The Balaban J connectivity index is 1.63. The van der Waals surface area contributed by atoms with E-state index in [0.29, 0.717) is 16.3 Å². The molecule has 0 fully saturated rings. The lowest BCUT2D eigenvalue weighted by Gasteiger charge is -2.06. The number of nitriles is 1. The van der Waals surface area contributed by atoms with Gasteiger partial charge in [0.05, 0.1) is 22.6 Å². The van der Waals surface area contributed by atoms with Gasteiger partial charge < -0.3 is 9.73 Å². The quantitative estimate of drug-likeness (QED) is 0.660. The van der Waals surface area contributed by atoms with Gasteiger partial charge in [0.2, 0.25) is 5.91 Å². The smallest absolute Gasteiger partial charge is 0.277 e. The molecule has 0 aliphatic heterocycles. The fraction of sp³-hybridized carbons (Fsp3) is 0.0588. The number of benzene rings is 2. The average molecular weight is 389 g/mol. The minimum Gasteiger partial charge on any atom is -0.411 e. The maximum absolute atomic E-state index is 13.7. The summed E-state index contributed by atoms with van der Waals surface area (Å²) in [4.78, 5) is 12.1. The van der Waals surface area contributed by atoms with Gasteiger partial charge in [-0.15, -0.1) is 10.2 Å². The maximum atomic E-state index is 13.7. The number of hydrogen-bond donors (Lipinski definition) is 1. The molecule has 26 heavy (non-hydrogen) atoms. The van der Waals surface area contributed by atoms with Crippen LogP contribution in [0, 0.1) is 17.1 Å². The van der Waals surface area contributed by atoms with Gasteiger partial charge >= 0.3 is 0 Å². The second-order valence-electron chi connectivity index (χ2n) is 4.99. The van der Waals surface area contributed by atoms with E-state index in [1.807, 2.05) is 6.07 Å². The third-order valence-electron chi connectivity index (χ3n) is 3.21. The van der Waals surface area contributed by atoms with Crippen LogP contribution in [-0.2, 0) is 4.79 Å². The van der Waals surface area contributed by atoms with E-state index in [4.69, 9.17) is 21.3 Å². The molecule has 1 aromatic heterocycles. The third kappa shape index (κ3) is 4.20. The molecule has 1 N–H and O–H groups in total. The van der Waals surface area contributed by atoms with Crippen LogP contribution < -0.4 is 5.32 Å². The fourth-order valence-electron chi connectivity index (χ4n) is 2.04. The van der Waals surface area contributed by atoms with Crippen molar-refractivity contribution in [2.24, 2.45) is 0 Å². The molecule has 0 spiro atoms. The van der Waals surface area contributed by atoms with E-state index in [-0.39, 0.29) is 28.3 Å². The molecule has 0 unspecified atom stereocenters. The minimum absolute atomic E-state index is 0.0315. The first-order valence-corrected chi connectivity index (χ1v) is 8.64. The molecule has 0 saturated carbocycles.